The molecule has 0 amide bonds. The molecule has 0 spiro atoms. The summed E-state index contributed by atoms with van der Waals surface area (Å²) in [4.78, 5) is 39.2. The number of hydrogen-bond acceptors (Lipinski definition) is 8. The number of anilines is 1. The van der Waals surface area contributed by atoms with Crippen LogP contribution >= 0.6 is 11.6 Å². The van der Waals surface area contributed by atoms with Crippen LogP contribution < -0.4 is 5.32 Å². The lowest BCUT2D eigenvalue weighted by atomic mass is 9.95. The van der Waals surface area contributed by atoms with Crippen LogP contribution in [0.15, 0.2) is 84.9 Å². The molecule has 11 nitrogen and oxygen atoms in total. The Morgan fingerprint density at radius 3 is 2.10 bits per heavy atom. The van der Waals surface area contributed by atoms with Gasteiger partial charge in [-0.3, -0.25) is 14.7 Å². The maximum atomic E-state index is 14.0. The van der Waals surface area contributed by atoms with Gasteiger partial charge >= 0.3 is 11.9 Å². The number of ether oxygens (including phenoxy) is 2. The summed E-state index contributed by atoms with van der Waals surface area (Å²) in [5.41, 5.74) is 2.76. The second kappa shape index (κ2) is 14.8. The fourth-order valence-electron chi connectivity index (χ4n) is 6.25. The molecule has 0 aliphatic heterocycles. The Bertz CT molecular complexity index is 1960. The van der Waals surface area contributed by atoms with Crippen molar-refractivity contribution in [3.05, 3.63) is 111 Å². The molecule has 12 heteroatoms. The van der Waals surface area contributed by atoms with Crippen LogP contribution in [0.4, 0.5) is 11.5 Å². The summed E-state index contributed by atoms with van der Waals surface area (Å²) < 4.78 is 14.7. The van der Waals surface area contributed by atoms with Crippen molar-refractivity contribution in [3.8, 4) is 34.0 Å². The van der Waals surface area contributed by atoms with E-state index >= 15 is 0 Å². The van der Waals surface area contributed by atoms with Gasteiger partial charge in [0.05, 0.1) is 35.2 Å². The average molecular weight is 682 g/mol. The summed E-state index contributed by atoms with van der Waals surface area (Å²) in [5.74, 6) is -0.576. The fourth-order valence-corrected chi connectivity index (χ4v) is 6.37. The number of nitro benzene ring substituents is 1. The Balaban J connectivity index is 1.74. The SMILES string of the molecule is CCOC(=O)c1c(C(=O)OCC)c(-c2ccc([N+](=O)[O-])cc2)n(-c2cc(-c3ccc(Cl)cc3)nn2-c2ccccc2)c1NC1CCCCC1. The number of non-ortho nitro benzene ring substituents is 1. The number of nitrogens with one attached hydrogen (secondary N) is 1. The third-order valence-electron chi connectivity index (χ3n) is 8.49. The van der Waals surface area contributed by atoms with E-state index in [0.717, 1.165) is 43.4 Å². The molecule has 1 saturated carbocycles. The second-order valence-electron chi connectivity index (χ2n) is 11.6. The minimum absolute atomic E-state index is 0.000773. The summed E-state index contributed by atoms with van der Waals surface area (Å²) >= 11 is 6.22. The molecule has 0 unspecified atom stereocenters. The van der Waals surface area contributed by atoms with Gasteiger partial charge in [-0.2, -0.15) is 5.10 Å². The average Bonchev–Trinajstić information content (AvgIpc) is 3.69. The number of esters is 2. The number of para-hydroxylation sites is 1. The second-order valence-corrected chi connectivity index (χ2v) is 12.1. The van der Waals surface area contributed by atoms with Crippen LogP contribution in [0.5, 0.6) is 0 Å². The monoisotopic (exact) mass is 681 g/mol. The van der Waals surface area contributed by atoms with Crippen LogP contribution in [0.2, 0.25) is 5.02 Å². The summed E-state index contributed by atoms with van der Waals surface area (Å²) in [7, 11) is 0. The number of benzene rings is 3. The van der Waals surface area contributed by atoms with Gasteiger partial charge in [0, 0.05) is 40.4 Å². The molecule has 0 bridgehead atoms. The van der Waals surface area contributed by atoms with Crippen LogP contribution in [-0.2, 0) is 9.47 Å². The Hall–Kier alpha value is -5.42. The van der Waals surface area contributed by atoms with Crippen molar-refractivity contribution in [3.63, 3.8) is 0 Å². The van der Waals surface area contributed by atoms with E-state index in [0.29, 0.717) is 33.6 Å². The van der Waals surface area contributed by atoms with E-state index in [-0.39, 0.29) is 36.1 Å². The van der Waals surface area contributed by atoms with E-state index in [1.54, 1.807) is 47.4 Å². The van der Waals surface area contributed by atoms with Crippen LogP contribution in [0.1, 0.15) is 66.7 Å². The van der Waals surface area contributed by atoms with Crippen LogP contribution in [0, 0.1) is 10.1 Å². The van der Waals surface area contributed by atoms with Gasteiger partial charge < -0.3 is 14.8 Å². The van der Waals surface area contributed by atoms with Gasteiger partial charge in [-0.1, -0.05) is 61.2 Å². The first-order valence-electron chi connectivity index (χ1n) is 16.4. The van der Waals surface area contributed by atoms with Crippen LogP contribution in [0.3, 0.4) is 0 Å². The van der Waals surface area contributed by atoms with Gasteiger partial charge in [0.25, 0.3) is 5.69 Å². The Labute approximate surface area is 288 Å². The summed E-state index contributed by atoms with van der Waals surface area (Å²) in [6, 6.07) is 24.5. The minimum Gasteiger partial charge on any atom is -0.462 e. The number of nitrogens with zero attached hydrogens (tertiary/aromatic N) is 4. The fraction of sp³-hybridized carbons (Fsp3) is 0.270. The van der Waals surface area contributed by atoms with E-state index < -0.39 is 16.9 Å². The van der Waals surface area contributed by atoms with Gasteiger partial charge in [-0.15, -0.1) is 0 Å². The van der Waals surface area contributed by atoms with Gasteiger partial charge in [0.2, 0.25) is 0 Å². The molecule has 1 fully saturated rings. The number of rotatable bonds is 11. The van der Waals surface area contributed by atoms with E-state index in [1.807, 2.05) is 48.5 Å². The summed E-state index contributed by atoms with van der Waals surface area (Å²) in [5, 5.41) is 20.9. The lowest BCUT2D eigenvalue weighted by Crippen LogP contribution is -2.25. The minimum atomic E-state index is -0.729. The predicted octanol–water partition coefficient (Wildman–Crippen LogP) is 8.66. The molecule has 3 aromatic carbocycles. The first-order chi connectivity index (χ1) is 23.8. The highest BCUT2D eigenvalue weighted by Crippen LogP contribution is 2.42. The first-order valence-corrected chi connectivity index (χ1v) is 16.7. The molecule has 49 heavy (non-hydrogen) atoms. The Kier molecular flexibility index (Phi) is 10.1. The number of carbonyl (C=O) groups excluding carboxylic acids is 2. The predicted molar refractivity (Wildman–Crippen MR) is 188 cm³/mol. The molecule has 1 N–H and O–H groups in total. The number of carbonyl (C=O) groups is 2. The van der Waals surface area contributed by atoms with Crippen molar-refractivity contribution in [2.75, 3.05) is 18.5 Å². The quantitative estimate of drug-likeness (QED) is 0.0833. The highest BCUT2D eigenvalue weighted by Gasteiger charge is 2.37. The van der Waals surface area contributed by atoms with Crippen LogP contribution in [0.25, 0.3) is 34.0 Å². The highest BCUT2D eigenvalue weighted by molar-refractivity contribution is 6.30. The van der Waals surface area contributed by atoms with Crippen molar-refractivity contribution in [1.29, 1.82) is 0 Å². The Morgan fingerprint density at radius 1 is 0.878 bits per heavy atom. The third kappa shape index (κ3) is 6.93. The maximum absolute atomic E-state index is 14.0. The zero-order valence-corrected chi connectivity index (χ0v) is 28.0. The standard InChI is InChI=1S/C37H36ClN5O6/c1-3-48-36(44)32-33(37(45)49-4-2)35(39-27-11-7-5-8-12-27)41(34(32)25-17-21-29(22-18-25)43(46)47)31-23-30(24-15-19-26(38)20-16-24)40-42(31)28-13-9-6-10-14-28/h6,9-10,13-23,27,39H,3-5,7-8,11-12H2,1-2H3. The lowest BCUT2D eigenvalue weighted by Gasteiger charge is -2.26. The molecule has 1 aliphatic rings. The lowest BCUT2D eigenvalue weighted by molar-refractivity contribution is -0.384. The topological polar surface area (TPSA) is 131 Å². The molecule has 0 radical (unpaired) electrons. The number of hydrogen-bond donors (Lipinski definition) is 1. The van der Waals surface area contributed by atoms with Crippen molar-refractivity contribution in [1.82, 2.24) is 14.3 Å². The van der Waals surface area contributed by atoms with Crippen molar-refractivity contribution >= 4 is 35.0 Å². The molecule has 0 atom stereocenters. The number of nitro groups is 1. The molecule has 2 aromatic heterocycles. The largest absolute Gasteiger partial charge is 0.462 e. The Morgan fingerprint density at radius 2 is 1.49 bits per heavy atom. The van der Waals surface area contributed by atoms with Gasteiger partial charge in [0.1, 0.15) is 22.8 Å². The first kappa shape index (κ1) is 33.5. The zero-order valence-electron chi connectivity index (χ0n) is 27.2. The smallest absolute Gasteiger partial charge is 0.342 e. The molecule has 2 heterocycles. The summed E-state index contributed by atoms with van der Waals surface area (Å²) in [6.07, 6.45) is 4.86. The highest BCUT2D eigenvalue weighted by atomic mass is 35.5. The van der Waals surface area contributed by atoms with Gasteiger partial charge in [0.15, 0.2) is 0 Å². The van der Waals surface area contributed by atoms with Crippen LogP contribution in [-0.4, -0.2) is 50.5 Å². The third-order valence-corrected chi connectivity index (χ3v) is 8.74. The van der Waals surface area contributed by atoms with Crippen molar-refractivity contribution < 1.29 is 24.0 Å². The number of aromatic nitrogens is 3. The zero-order chi connectivity index (χ0) is 34.5. The van der Waals surface area contributed by atoms with Gasteiger partial charge in [-0.25, -0.2) is 14.3 Å². The van der Waals surface area contributed by atoms with Gasteiger partial charge in [-0.05, 0) is 63.1 Å². The molecule has 0 saturated heterocycles. The van der Waals surface area contributed by atoms with E-state index in [1.165, 1.54) is 12.1 Å². The molecular weight excluding hydrogens is 646 g/mol. The molecule has 252 valence electrons. The molecular formula is C37H36ClN5O6. The normalized spacial score (nSPS) is 13.2. The maximum Gasteiger partial charge on any atom is 0.342 e. The summed E-state index contributed by atoms with van der Waals surface area (Å²) in [6.45, 7) is 3.52. The van der Waals surface area contributed by atoms with E-state index in [9.17, 15) is 19.7 Å². The molecule has 5 aromatic rings. The molecule has 1 aliphatic carbocycles. The van der Waals surface area contributed by atoms with E-state index in [4.69, 9.17) is 26.2 Å². The van der Waals surface area contributed by atoms with Crippen molar-refractivity contribution in [2.45, 2.75) is 52.0 Å². The molecule has 6 rings (SSSR count). The number of halogens is 1. The van der Waals surface area contributed by atoms with E-state index in [2.05, 4.69) is 5.32 Å². The van der Waals surface area contributed by atoms with Crippen molar-refractivity contribution in [2.24, 2.45) is 0 Å².